The Balaban J connectivity index is 2.18. The Hall–Kier alpha value is -3.02. The van der Waals surface area contributed by atoms with E-state index in [1.807, 2.05) is 0 Å². The van der Waals surface area contributed by atoms with Crippen LogP contribution in [0.25, 0.3) is 23.3 Å². The van der Waals surface area contributed by atoms with E-state index in [1.165, 1.54) is 25.3 Å². The molecule has 0 amide bonds. The molecule has 0 aromatic heterocycles. The molecule has 3 rings (SSSR count). The van der Waals surface area contributed by atoms with Crippen molar-refractivity contribution in [3.05, 3.63) is 58.1 Å². The highest BCUT2D eigenvalue weighted by atomic mass is 19.4. The zero-order chi connectivity index (χ0) is 25.4. The molecule has 0 spiro atoms. The summed E-state index contributed by atoms with van der Waals surface area (Å²) in [7, 11) is 31.4. The number of hydrogen-bond acceptors (Lipinski definition) is 2. The molecule has 34 heavy (non-hydrogen) atoms. The lowest BCUT2D eigenvalue weighted by Gasteiger charge is -2.23. The lowest BCUT2D eigenvalue weighted by atomic mass is 9.59. The van der Waals surface area contributed by atoms with Gasteiger partial charge in [0, 0.05) is 0 Å². The van der Waals surface area contributed by atoms with Crippen LogP contribution in [0.4, 0.5) is 13.2 Å². The predicted molar refractivity (Wildman–Crippen MR) is 136 cm³/mol. The number of methoxy groups -OCH3 is 1. The number of halogens is 3. The largest absolute Gasteiger partial charge is 0.496 e. The second-order valence-corrected chi connectivity index (χ2v) is 7.59. The number of carbonyl (C=O) groups is 1. The van der Waals surface area contributed by atoms with Crippen LogP contribution < -0.4 is 32.1 Å². The summed E-state index contributed by atoms with van der Waals surface area (Å²) < 4.78 is 46.0. The summed E-state index contributed by atoms with van der Waals surface area (Å²) in [6.07, 6.45) is -1.55. The lowest BCUT2D eigenvalue weighted by Crippen LogP contribution is -2.55. The maximum atomic E-state index is 13.6. The van der Waals surface area contributed by atoms with Crippen molar-refractivity contribution in [2.24, 2.45) is 0 Å². The maximum absolute atomic E-state index is 13.6. The van der Waals surface area contributed by atoms with Gasteiger partial charge < -0.3 is 4.74 Å². The Bertz CT molecular complexity index is 1290. The number of carbonyl (C=O) groups excluding carboxylic acids is 1. The summed E-state index contributed by atoms with van der Waals surface area (Å²) in [4.78, 5) is 11.2. The summed E-state index contributed by atoms with van der Waals surface area (Å²) >= 11 is 0. The first kappa shape index (κ1) is 25.6. The minimum absolute atomic E-state index is 0.0292. The molecule has 0 aliphatic heterocycles. The molecule has 10 radical (unpaired) electrons. The summed E-state index contributed by atoms with van der Waals surface area (Å²) in [5, 5.41) is 0. The molecule has 10 heteroatoms. The molecule has 0 bridgehead atoms. The third-order valence-corrected chi connectivity index (χ3v) is 5.62. The minimum Gasteiger partial charge on any atom is -0.496 e. The highest BCUT2D eigenvalue weighted by Crippen LogP contribution is 2.36. The molecule has 3 aromatic carbocycles. The van der Waals surface area contributed by atoms with Gasteiger partial charge in [0.1, 0.15) is 45.0 Å². The van der Waals surface area contributed by atoms with Gasteiger partial charge in [-0.3, -0.25) is 4.79 Å². The van der Waals surface area contributed by atoms with E-state index in [0.717, 1.165) is 6.07 Å². The van der Waals surface area contributed by atoms with Crippen LogP contribution in [-0.4, -0.2) is 52.6 Å². The molecule has 0 unspecified atom stereocenters. The number of hydrogen-bond donors (Lipinski definition) is 0. The van der Waals surface area contributed by atoms with Crippen LogP contribution in [0.1, 0.15) is 32.6 Å². The highest BCUT2D eigenvalue weighted by molar-refractivity contribution is 6.68. The van der Waals surface area contributed by atoms with Gasteiger partial charge in [-0.05, 0) is 46.9 Å². The van der Waals surface area contributed by atoms with Gasteiger partial charge in [0.05, 0.1) is 18.2 Å². The molecule has 0 saturated carbocycles. The van der Waals surface area contributed by atoms with Gasteiger partial charge in [0.15, 0.2) is 6.29 Å². The van der Waals surface area contributed by atoms with Crippen LogP contribution in [0.15, 0.2) is 30.3 Å². The normalized spacial score (nSPS) is 11.7. The summed E-state index contributed by atoms with van der Waals surface area (Å²) in [6.45, 7) is 1.76. The molecular weight excluding hydrogens is 431 g/mol. The molecule has 0 atom stereocenters. The molecule has 3 aromatic rings. The van der Waals surface area contributed by atoms with Crippen LogP contribution in [0.5, 0.6) is 5.75 Å². The van der Waals surface area contributed by atoms with E-state index < -0.39 is 11.7 Å². The number of aldehydes is 1. The fourth-order valence-corrected chi connectivity index (χ4v) is 3.69. The van der Waals surface area contributed by atoms with Gasteiger partial charge in [0.2, 0.25) is 0 Å². The van der Waals surface area contributed by atoms with Crippen LogP contribution in [0.2, 0.25) is 0 Å². The Morgan fingerprint density at radius 2 is 1.38 bits per heavy atom. The van der Waals surface area contributed by atoms with E-state index in [9.17, 15) is 18.0 Å². The van der Waals surface area contributed by atoms with E-state index in [0.29, 0.717) is 28.5 Å². The van der Waals surface area contributed by atoms with Crippen molar-refractivity contribution < 1.29 is 22.7 Å². The predicted octanol–water partition coefficient (Wildman–Crippen LogP) is 0.641. The zero-order valence-corrected chi connectivity index (χ0v) is 18.5. The van der Waals surface area contributed by atoms with Crippen LogP contribution in [0, 0.1) is 6.92 Å². The molecule has 2 nitrogen and oxygen atoms in total. The van der Waals surface area contributed by atoms with Crippen LogP contribution in [0.3, 0.4) is 0 Å². The van der Waals surface area contributed by atoms with Gasteiger partial charge >= 0.3 is 6.18 Å². The van der Waals surface area contributed by atoms with Gasteiger partial charge in [-0.25, -0.2) is 0 Å². The molecule has 0 heterocycles. The Morgan fingerprint density at radius 1 is 0.824 bits per heavy atom. The van der Waals surface area contributed by atoms with E-state index in [1.54, 1.807) is 25.1 Å². The Morgan fingerprint density at radius 3 is 1.91 bits per heavy atom. The average molecular weight is 445 g/mol. The standard InChI is InChI=1S/C24H14B5F3O2/c1-11-12(4-3-5-15(11)18-19(25)21(27)23(29)22(28)20(18)26)6-7-13-9-17(34-2)14(10-33)8-16(13)24(30,31)32/h3-10H,1-2H3/b7-6+. The smallest absolute Gasteiger partial charge is 0.417 e. The van der Waals surface area contributed by atoms with Crippen molar-refractivity contribution in [2.75, 3.05) is 7.11 Å². The van der Waals surface area contributed by atoms with Crippen LogP contribution in [-0.2, 0) is 6.18 Å². The highest BCUT2D eigenvalue weighted by Gasteiger charge is 2.34. The molecular formula is C24H14B5F3O2. The fourth-order valence-electron chi connectivity index (χ4n) is 3.69. The van der Waals surface area contributed by atoms with Gasteiger partial charge in [-0.15, -0.1) is 16.4 Å². The second-order valence-electron chi connectivity index (χ2n) is 7.59. The Labute approximate surface area is 203 Å². The number of ether oxygens (including phenoxy) is 1. The van der Waals surface area contributed by atoms with Crippen molar-refractivity contribution >= 4 is 85.0 Å². The first-order chi connectivity index (χ1) is 15.9. The van der Waals surface area contributed by atoms with Gasteiger partial charge in [-0.1, -0.05) is 41.3 Å². The number of rotatable bonds is 5. The minimum atomic E-state index is -4.68. The molecule has 0 saturated heterocycles. The summed E-state index contributed by atoms with van der Waals surface area (Å²) in [5.74, 6) is 0.0292. The summed E-state index contributed by atoms with van der Waals surface area (Å²) in [6, 6.07) is 7.09. The lowest BCUT2D eigenvalue weighted by molar-refractivity contribution is -0.137. The average Bonchev–Trinajstić information content (AvgIpc) is 2.80. The third-order valence-electron chi connectivity index (χ3n) is 5.62. The van der Waals surface area contributed by atoms with Crippen molar-refractivity contribution in [1.82, 2.24) is 0 Å². The number of benzene rings is 3. The second kappa shape index (κ2) is 9.69. The molecule has 0 aliphatic rings. The maximum Gasteiger partial charge on any atom is 0.417 e. The van der Waals surface area contributed by atoms with Crippen molar-refractivity contribution in [1.29, 1.82) is 0 Å². The monoisotopic (exact) mass is 446 g/mol. The number of alkyl halides is 3. The quantitative estimate of drug-likeness (QED) is 0.328. The summed E-state index contributed by atoms with van der Waals surface area (Å²) in [5.41, 5.74) is 1.51. The van der Waals surface area contributed by atoms with Crippen LogP contribution >= 0.6 is 0 Å². The fraction of sp³-hybridized carbons (Fsp3) is 0.125. The third kappa shape index (κ3) is 4.63. The molecule has 0 N–H and O–H groups in total. The Kier molecular flexibility index (Phi) is 7.30. The van der Waals surface area contributed by atoms with Gasteiger partial charge in [-0.2, -0.15) is 13.2 Å². The first-order valence-corrected chi connectivity index (χ1v) is 9.96. The van der Waals surface area contributed by atoms with E-state index in [2.05, 4.69) is 0 Å². The zero-order valence-electron chi connectivity index (χ0n) is 18.5. The molecule has 158 valence electrons. The van der Waals surface area contributed by atoms with E-state index in [4.69, 9.17) is 44.0 Å². The topological polar surface area (TPSA) is 26.3 Å². The van der Waals surface area contributed by atoms with Gasteiger partial charge in [0.25, 0.3) is 0 Å². The van der Waals surface area contributed by atoms with E-state index in [-0.39, 0.29) is 44.2 Å². The molecule has 0 fully saturated rings. The first-order valence-electron chi connectivity index (χ1n) is 9.96. The SMILES string of the molecule is [B]c1c([B])c([B])c(-c2cccc(/C=C/c3cc(OC)c(C=O)cc3C(F)(F)F)c2C)c([B])c1[B]. The van der Waals surface area contributed by atoms with Crippen molar-refractivity contribution in [3.8, 4) is 16.9 Å². The molecule has 0 aliphatic carbocycles. The van der Waals surface area contributed by atoms with E-state index >= 15 is 0 Å². The van der Waals surface area contributed by atoms with Crippen molar-refractivity contribution in [3.63, 3.8) is 0 Å². The van der Waals surface area contributed by atoms with Crippen molar-refractivity contribution in [2.45, 2.75) is 13.1 Å².